The molecule has 1 aromatic carbocycles. The average molecular weight is 277 g/mol. The van der Waals surface area contributed by atoms with Gasteiger partial charge in [-0.1, -0.05) is 32.0 Å². The van der Waals surface area contributed by atoms with Crippen LogP contribution in [0.3, 0.4) is 0 Å². The summed E-state index contributed by atoms with van der Waals surface area (Å²) in [4.78, 5) is 15.7. The Morgan fingerprint density at radius 2 is 1.90 bits per heavy atom. The van der Waals surface area contributed by atoms with Crippen LogP contribution in [0.1, 0.15) is 26.3 Å². The highest BCUT2D eigenvalue weighted by atomic mass is 16.2. The molecule has 4 heteroatoms. The fourth-order valence-corrected chi connectivity index (χ4v) is 1.95. The van der Waals surface area contributed by atoms with Crippen molar-refractivity contribution in [2.24, 2.45) is 0 Å². The Balaban J connectivity index is 2.88. The van der Waals surface area contributed by atoms with Crippen molar-refractivity contribution in [3.63, 3.8) is 0 Å². The van der Waals surface area contributed by atoms with Crippen LogP contribution in [0.25, 0.3) is 0 Å². The molecule has 0 heterocycles. The van der Waals surface area contributed by atoms with Crippen molar-refractivity contribution in [3.05, 3.63) is 29.8 Å². The average Bonchev–Trinajstić information content (AvgIpc) is 2.42. The van der Waals surface area contributed by atoms with Crippen LogP contribution in [0.4, 0.5) is 5.69 Å². The summed E-state index contributed by atoms with van der Waals surface area (Å²) in [7, 11) is 3.59. The maximum Gasteiger partial charge on any atom is 0.241 e. The van der Waals surface area contributed by atoms with Gasteiger partial charge in [0, 0.05) is 38.9 Å². The normalized spacial score (nSPS) is 10.7. The van der Waals surface area contributed by atoms with Crippen LogP contribution in [-0.2, 0) is 11.3 Å². The fourth-order valence-electron chi connectivity index (χ4n) is 1.95. The van der Waals surface area contributed by atoms with Crippen molar-refractivity contribution < 1.29 is 4.79 Å². The van der Waals surface area contributed by atoms with E-state index in [0.717, 1.165) is 18.8 Å². The second kappa shape index (κ2) is 7.90. The molecule has 1 amide bonds. The zero-order chi connectivity index (χ0) is 15.1. The second-order valence-electron chi connectivity index (χ2n) is 5.47. The molecule has 0 aromatic heterocycles. The first-order valence-electron chi connectivity index (χ1n) is 7.22. The van der Waals surface area contributed by atoms with Crippen LogP contribution >= 0.6 is 0 Å². The summed E-state index contributed by atoms with van der Waals surface area (Å²) < 4.78 is 0. The van der Waals surface area contributed by atoms with E-state index in [-0.39, 0.29) is 5.91 Å². The molecule has 1 rings (SSSR count). The lowest BCUT2D eigenvalue weighted by atomic mass is 10.1. The Morgan fingerprint density at radius 3 is 2.45 bits per heavy atom. The van der Waals surface area contributed by atoms with E-state index in [2.05, 4.69) is 43.1 Å². The van der Waals surface area contributed by atoms with Crippen molar-refractivity contribution in [1.29, 1.82) is 0 Å². The molecule has 112 valence electrons. The van der Waals surface area contributed by atoms with Gasteiger partial charge < -0.3 is 15.1 Å². The predicted molar refractivity (Wildman–Crippen MR) is 85.0 cm³/mol. The summed E-state index contributed by atoms with van der Waals surface area (Å²) in [6, 6.07) is 8.72. The van der Waals surface area contributed by atoms with Crippen molar-refractivity contribution in [3.8, 4) is 0 Å². The molecule has 0 bridgehead atoms. The molecule has 20 heavy (non-hydrogen) atoms. The molecule has 0 fully saturated rings. The predicted octanol–water partition coefficient (Wildman–Crippen LogP) is 2.10. The monoisotopic (exact) mass is 277 g/mol. The molecule has 0 atom stereocenters. The Morgan fingerprint density at radius 1 is 1.25 bits per heavy atom. The zero-order valence-corrected chi connectivity index (χ0v) is 13.3. The molecule has 0 spiro atoms. The topological polar surface area (TPSA) is 35.6 Å². The van der Waals surface area contributed by atoms with Gasteiger partial charge in [0.25, 0.3) is 0 Å². The first-order valence-corrected chi connectivity index (χ1v) is 7.22. The Kier molecular flexibility index (Phi) is 6.52. The van der Waals surface area contributed by atoms with E-state index in [0.29, 0.717) is 12.6 Å². The summed E-state index contributed by atoms with van der Waals surface area (Å²) in [5.74, 6) is 0.124. The number of benzene rings is 1. The van der Waals surface area contributed by atoms with Crippen molar-refractivity contribution in [2.45, 2.75) is 33.4 Å². The van der Waals surface area contributed by atoms with Gasteiger partial charge in [0.05, 0.1) is 6.54 Å². The molecule has 0 radical (unpaired) electrons. The van der Waals surface area contributed by atoms with Gasteiger partial charge in [0.15, 0.2) is 0 Å². The van der Waals surface area contributed by atoms with Gasteiger partial charge in [-0.15, -0.1) is 0 Å². The summed E-state index contributed by atoms with van der Waals surface area (Å²) in [6.45, 7) is 8.40. The number of rotatable bonds is 7. The fraction of sp³-hybridized carbons (Fsp3) is 0.562. The summed E-state index contributed by atoms with van der Waals surface area (Å²) in [6.07, 6.45) is 0. The van der Waals surface area contributed by atoms with Crippen LogP contribution in [0.5, 0.6) is 0 Å². The van der Waals surface area contributed by atoms with Gasteiger partial charge in [0.2, 0.25) is 5.91 Å². The van der Waals surface area contributed by atoms with Gasteiger partial charge in [-0.3, -0.25) is 4.79 Å². The largest absolute Gasteiger partial charge is 0.362 e. The second-order valence-corrected chi connectivity index (χ2v) is 5.47. The summed E-state index contributed by atoms with van der Waals surface area (Å²) in [5, 5.41) is 3.44. The minimum Gasteiger partial charge on any atom is -0.362 e. The van der Waals surface area contributed by atoms with Crippen LogP contribution in [-0.4, -0.2) is 44.0 Å². The van der Waals surface area contributed by atoms with Gasteiger partial charge in [0.1, 0.15) is 0 Å². The van der Waals surface area contributed by atoms with Crippen LogP contribution < -0.4 is 10.2 Å². The molecule has 1 N–H and O–H groups in total. The first kappa shape index (κ1) is 16.5. The smallest absolute Gasteiger partial charge is 0.241 e. The number of para-hydroxylation sites is 1. The Labute approximate surface area is 122 Å². The minimum absolute atomic E-state index is 0.124. The molecule has 1 aromatic rings. The number of hydrogen-bond donors (Lipinski definition) is 1. The molecule has 0 saturated heterocycles. The summed E-state index contributed by atoms with van der Waals surface area (Å²) >= 11 is 0. The molecule has 0 aliphatic carbocycles. The number of nitrogens with zero attached hydrogens (tertiary/aromatic N) is 2. The van der Waals surface area contributed by atoms with E-state index in [4.69, 9.17) is 0 Å². The number of hydrogen-bond acceptors (Lipinski definition) is 3. The van der Waals surface area contributed by atoms with Gasteiger partial charge in [-0.25, -0.2) is 0 Å². The van der Waals surface area contributed by atoms with E-state index in [1.807, 2.05) is 12.1 Å². The molecule has 0 aliphatic heterocycles. The van der Waals surface area contributed by atoms with Crippen molar-refractivity contribution in [2.75, 3.05) is 32.1 Å². The first-order chi connectivity index (χ1) is 9.45. The van der Waals surface area contributed by atoms with E-state index < -0.39 is 0 Å². The standard InChI is InChI=1S/C16H27N3O/c1-6-19(12-16(20)18(4)5)15-10-8-7-9-14(15)11-17-13(2)3/h7-10,13,17H,6,11-12H2,1-5H3. The third-order valence-electron chi connectivity index (χ3n) is 3.24. The Bertz CT molecular complexity index is 429. The molecular formula is C16H27N3O. The van der Waals surface area contributed by atoms with Crippen LogP contribution in [0.15, 0.2) is 24.3 Å². The van der Waals surface area contributed by atoms with E-state index in [1.165, 1.54) is 5.56 Å². The number of carbonyl (C=O) groups is 1. The maximum absolute atomic E-state index is 11.9. The van der Waals surface area contributed by atoms with Gasteiger partial charge >= 0.3 is 0 Å². The highest BCUT2D eigenvalue weighted by Crippen LogP contribution is 2.20. The minimum atomic E-state index is 0.124. The van der Waals surface area contributed by atoms with Crippen molar-refractivity contribution in [1.82, 2.24) is 10.2 Å². The molecule has 0 aliphatic rings. The van der Waals surface area contributed by atoms with E-state index in [9.17, 15) is 4.79 Å². The molecular weight excluding hydrogens is 250 g/mol. The number of carbonyl (C=O) groups excluding carboxylic acids is 1. The number of nitrogens with one attached hydrogen (secondary N) is 1. The lowest BCUT2D eigenvalue weighted by molar-refractivity contribution is -0.127. The number of likely N-dealkylation sites (N-methyl/N-ethyl adjacent to an activating group) is 2. The molecule has 4 nitrogen and oxygen atoms in total. The van der Waals surface area contributed by atoms with Crippen LogP contribution in [0.2, 0.25) is 0 Å². The van der Waals surface area contributed by atoms with Crippen molar-refractivity contribution >= 4 is 11.6 Å². The van der Waals surface area contributed by atoms with E-state index >= 15 is 0 Å². The van der Waals surface area contributed by atoms with E-state index in [1.54, 1.807) is 19.0 Å². The lowest BCUT2D eigenvalue weighted by Gasteiger charge is -2.27. The number of anilines is 1. The zero-order valence-electron chi connectivity index (χ0n) is 13.3. The van der Waals surface area contributed by atoms with Gasteiger partial charge in [-0.05, 0) is 18.6 Å². The third-order valence-corrected chi connectivity index (χ3v) is 3.24. The Hall–Kier alpha value is -1.55. The maximum atomic E-state index is 11.9. The molecule has 0 unspecified atom stereocenters. The highest BCUT2D eigenvalue weighted by Gasteiger charge is 2.14. The SMILES string of the molecule is CCN(CC(=O)N(C)C)c1ccccc1CNC(C)C. The van der Waals surface area contributed by atoms with Gasteiger partial charge in [-0.2, -0.15) is 0 Å². The quantitative estimate of drug-likeness (QED) is 0.829. The molecule has 0 saturated carbocycles. The third kappa shape index (κ3) is 4.85. The lowest BCUT2D eigenvalue weighted by Crippen LogP contribution is -2.37. The van der Waals surface area contributed by atoms with Crippen LogP contribution in [0, 0.1) is 0 Å². The summed E-state index contributed by atoms with van der Waals surface area (Å²) in [5.41, 5.74) is 2.37. The number of amides is 1. The highest BCUT2D eigenvalue weighted by molar-refractivity contribution is 5.81.